The quantitative estimate of drug-likeness (QED) is 0.581. The molecule has 0 aromatic heterocycles. The Balaban J connectivity index is 1.64. The molecule has 34 heavy (non-hydrogen) atoms. The van der Waals surface area contributed by atoms with E-state index in [0.29, 0.717) is 22.7 Å². The molecule has 0 spiro atoms. The summed E-state index contributed by atoms with van der Waals surface area (Å²) in [7, 11) is 1.57. The molecule has 5 rings (SSSR count). The molecule has 0 saturated carbocycles. The highest BCUT2D eigenvalue weighted by Crippen LogP contribution is 2.52. The van der Waals surface area contributed by atoms with Gasteiger partial charge in [0.15, 0.2) is 11.5 Å². The Labute approximate surface area is 198 Å². The largest absolute Gasteiger partial charge is 0.493 e. The number of methoxy groups -OCH3 is 1. The van der Waals surface area contributed by atoms with Crippen molar-refractivity contribution in [3.8, 4) is 11.5 Å². The summed E-state index contributed by atoms with van der Waals surface area (Å²) in [5.41, 5.74) is 2.84. The van der Waals surface area contributed by atoms with Crippen molar-refractivity contribution in [2.24, 2.45) is 5.92 Å². The van der Waals surface area contributed by atoms with E-state index in [1.54, 1.807) is 14.0 Å². The molecule has 1 fully saturated rings. The van der Waals surface area contributed by atoms with E-state index in [2.05, 4.69) is 10.6 Å². The van der Waals surface area contributed by atoms with E-state index in [9.17, 15) is 9.59 Å². The van der Waals surface area contributed by atoms with Crippen molar-refractivity contribution in [1.82, 2.24) is 5.32 Å². The summed E-state index contributed by atoms with van der Waals surface area (Å²) >= 11 is 0. The zero-order valence-electron chi connectivity index (χ0n) is 19.6. The first kappa shape index (κ1) is 21.8. The normalized spacial score (nSPS) is 22.8. The third-order valence-electron chi connectivity index (χ3n) is 6.65. The zero-order chi connectivity index (χ0) is 24.0. The second kappa shape index (κ2) is 8.09. The highest BCUT2D eigenvalue weighted by atomic mass is 16.5. The molecule has 7 nitrogen and oxygen atoms in total. The molecule has 2 aliphatic rings. The molecule has 3 atom stereocenters. The van der Waals surface area contributed by atoms with E-state index >= 15 is 0 Å². The topological polar surface area (TPSA) is 79.9 Å². The number of aryl methyl sites for hydroxylation is 2. The molecular formula is C27H27N3O4. The van der Waals surface area contributed by atoms with E-state index in [1.165, 1.54) is 4.90 Å². The van der Waals surface area contributed by atoms with Crippen LogP contribution in [0.25, 0.3) is 0 Å². The van der Waals surface area contributed by atoms with Crippen LogP contribution < -0.4 is 25.0 Å². The van der Waals surface area contributed by atoms with Crippen molar-refractivity contribution in [2.75, 3.05) is 17.3 Å². The van der Waals surface area contributed by atoms with Crippen LogP contribution in [0.2, 0.25) is 0 Å². The second-order valence-corrected chi connectivity index (χ2v) is 8.92. The van der Waals surface area contributed by atoms with Gasteiger partial charge in [-0.15, -0.1) is 0 Å². The molecule has 0 radical (unpaired) electrons. The van der Waals surface area contributed by atoms with Gasteiger partial charge in [-0.25, -0.2) is 4.79 Å². The van der Waals surface area contributed by atoms with E-state index in [4.69, 9.17) is 9.47 Å². The van der Waals surface area contributed by atoms with Gasteiger partial charge in [0.05, 0.1) is 13.2 Å². The number of anilines is 2. The summed E-state index contributed by atoms with van der Waals surface area (Å²) in [6.45, 7) is 5.75. The number of urea groups is 1. The van der Waals surface area contributed by atoms with Gasteiger partial charge in [-0.1, -0.05) is 48.0 Å². The summed E-state index contributed by atoms with van der Waals surface area (Å²) in [5.74, 6) is 0.0830. The van der Waals surface area contributed by atoms with Gasteiger partial charge < -0.3 is 20.1 Å². The van der Waals surface area contributed by atoms with E-state index < -0.39 is 17.7 Å². The molecule has 0 unspecified atom stereocenters. The maximum absolute atomic E-state index is 13.9. The number of benzene rings is 3. The summed E-state index contributed by atoms with van der Waals surface area (Å²) in [6, 6.07) is 19.7. The highest BCUT2D eigenvalue weighted by Gasteiger charge is 2.60. The van der Waals surface area contributed by atoms with Crippen molar-refractivity contribution in [2.45, 2.75) is 32.5 Å². The minimum Gasteiger partial charge on any atom is -0.493 e. The number of hydrogen-bond donors (Lipinski definition) is 2. The van der Waals surface area contributed by atoms with Crippen LogP contribution in [0.15, 0.2) is 66.7 Å². The van der Waals surface area contributed by atoms with Gasteiger partial charge in [-0.2, -0.15) is 0 Å². The fraction of sp³-hybridized carbons (Fsp3) is 0.259. The molecule has 2 bridgehead atoms. The third-order valence-corrected chi connectivity index (χ3v) is 6.65. The Kier molecular flexibility index (Phi) is 5.20. The monoisotopic (exact) mass is 457 g/mol. The third kappa shape index (κ3) is 3.36. The van der Waals surface area contributed by atoms with E-state index in [1.807, 2.05) is 80.6 Å². The average molecular weight is 458 g/mol. The fourth-order valence-electron chi connectivity index (χ4n) is 5.06. The molecule has 1 saturated heterocycles. The molecule has 3 aromatic carbocycles. The lowest BCUT2D eigenvalue weighted by molar-refractivity contribution is -0.131. The van der Waals surface area contributed by atoms with Crippen LogP contribution in [-0.4, -0.2) is 24.8 Å². The van der Waals surface area contributed by atoms with Crippen LogP contribution in [0, 0.1) is 19.8 Å². The predicted octanol–water partition coefficient (Wildman–Crippen LogP) is 4.95. The number of para-hydroxylation sites is 2. The lowest BCUT2D eigenvalue weighted by Gasteiger charge is -2.54. The van der Waals surface area contributed by atoms with Gasteiger partial charge in [0.1, 0.15) is 5.92 Å². The van der Waals surface area contributed by atoms with Gasteiger partial charge in [0, 0.05) is 16.9 Å². The van der Waals surface area contributed by atoms with Gasteiger partial charge in [0.2, 0.25) is 11.6 Å². The highest BCUT2D eigenvalue weighted by molar-refractivity contribution is 6.01. The van der Waals surface area contributed by atoms with Gasteiger partial charge >= 0.3 is 6.03 Å². The van der Waals surface area contributed by atoms with Gasteiger partial charge in [-0.3, -0.25) is 9.69 Å². The zero-order valence-corrected chi connectivity index (χ0v) is 19.6. The van der Waals surface area contributed by atoms with Crippen LogP contribution in [0.3, 0.4) is 0 Å². The SMILES string of the molecule is COc1cccc2c1O[C@@]1(C)[C@@H](C(=O)Nc3ccc(C)cc3C)[C@H]2NC(=O)N1c1ccccc1. The van der Waals surface area contributed by atoms with Crippen LogP contribution >= 0.6 is 0 Å². The molecule has 2 aliphatic heterocycles. The van der Waals surface area contributed by atoms with Crippen molar-refractivity contribution < 1.29 is 19.1 Å². The summed E-state index contributed by atoms with van der Waals surface area (Å²) < 4.78 is 12.1. The average Bonchev–Trinajstić information content (AvgIpc) is 2.80. The maximum atomic E-state index is 13.9. The Hall–Kier alpha value is -4.00. The van der Waals surface area contributed by atoms with E-state index in [-0.39, 0.29) is 11.9 Å². The van der Waals surface area contributed by atoms with Gasteiger partial charge in [-0.05, 0) is 50.6 Å². The van der Waals surface area contributed by atoms with Crippen LogP contribution in [0.5, 0.6) is 11.5 Å². The van der Waals surface area contributed by atoms with Crippen molar-refractivity contribution in [1.29, 1.82) is 0 Å². The molecule has 174 valence electrons. The number of fused-ring (bicyclic) bond motifs is 4. The van der Waals surface area contributed by atoms with Crippen molar-refractivity contribution in [3.05, 3.63) is 83.4 Å². The Morgan fingerprint density at radius 2 is 1.85 bits per heavy atom. The van der Waals surface area contributed by atoms with Crippen molar-refractivity contribution in [3.63, 3.8) is 0 Å². The number of hydrogen-bond acceptors (Lipinski definition) is 4. The smallest absolute Gasteiger partial charge is 0.325 e. The number of ether oxygens (including phenoxy) is 2. The molecular weight excluding hydrogens is 430 g/mol. The molecule has 2 N–H and O–H groups in total. The van der Waals surface area contributed by atoms with E-state index in [0.717, 1.165) is 16.8 Å². The Morgan fingerprint density at radius 1 is 1.09 bits per heavy atom. The number of carbonyl (C=O) groups is 2. The number of nitrogens with zero attached hydrogens (tertiary/aromatic N) is 1. The van der Waals surface area contributed by atoms with Crippen molar-refractivity contribution >= 4 is 23.3 Å². The fourth-order valence-corrected chi connectivity index (χ4v) is 5.06. The lowest BCUT2D eigenvalue weighted by Crippen LogP contribution is -2.72. The molecule has 7 heteroatoms. The standard InChI is InChI=1S/C27H27N3O4/c1-16-13-14-20(17(2)15-16)28-25(31)22-23-19-11-8-12-21(33-4)24(19)34-27(22,3)30(26(32)29-23)18-9-6-5-7-10-18/h5-15,22-23H,1-4H3,(H,28,31)(H,29,32)/t22-,23+,27+/m1/s1. The number of nitrogens with one attached hydrogen (secondary N) is 2. The maximum Gasteiger partial charge on any atom is 0.325 e. The number of rotatable bonds is 4. The number of amides is 3. The van der Waals surface area contributed by atoms with Crippen LogP contribution in [0.1, 0.15) is 29.7 Å². The second-order valence-electron chi connectivity index (χ2n) is 8.92. The first-order valence-electron chi connectivity index (χ1n) is 11.2. The minimum absolute atomic E-state index is 0.242. The van der Waals surface area contributed by atoms with Crippen LogP contribution in [0.4, 0.5) is 16.2 Å². The minimum atomic E-state index is -1.31. The molecule has 3 aromatic rings. The summed E-state index contributed by atoms with van der Waals surface area (Å²) in [5, 5.41) is 6.14. The van der Waals surface area contributed by atoms with Crippen LogP contribution in [-0.2, 0) is 4.79 Å². The summed E-state index contributed by atoms with van der Waals surface area (Å²) in [6.07, 6.45) is 0. The summed E-state index contributed by atoms with van der Waals surface area (Å²) in [4.78, 5) is 28.8. The first-order valence-corrected chi connectivity index (χ1v) is 11.2. The number of carbonyl (C=O) groups excluding carboxylic acids is 2. The van der Waals surface area contributed by atoms with Gasteiger partial charge in [0.25, 0.3) is 0 Å². The molecule has 2 heterocycles. The Morgan fingerprint density at radius 3 is 2.56 bits per heavy atom. The Bertz CT molecular complexity index is 1280. The first-order chi connectivity index (χ1) is 16.3. The molecule has 3 amide bonds. The molecule has 0 aliphatic carbocycles. The predicted molar refractivity (Wildman–Crippen MR) is 130 cm³/mol. The lowest BCUT2D eigenvalue weighted by atomic mass is 9.78.